The topological polar surface area (TPSA) is 61.3 Å². The van der Waals surface area contributed by atoms with E-state index < -0.39 is 0 Å². The van der Waals surface area contributed by atoms with E-state index in [-0.39, 0.29) is 11.5 Å². The maximum absolute atomic E-state index is 12.6. The first-order valence-corrected chi connectivity index (χ1v) is 9.38. The van der Waals surface area contributed by atoms with Gasteiger partial charge in [0.2, 0.25) is 0 Å². The van der Waals surface area contributed by atoms with E-state index >= 15 is 0 Å². The highest BCUT2D eigenvalue weighted by atomic mass is 32.2. The third-order valence-electron chi connectivity index (χ3n) is 3.94. The standard InChI is InChI=1S/C21H20N2O3S/c1-14-11-17(15-7-5-4-6-8-15)23-21(22-14)27-13-18(24)16-9-10-19(25-2)20(12-16)26-3/h4-12H,13H2,1-3H3. The summed E-state index contributed by atoms with van der Waals surface area (Å²) in [6, 6.07) is 17.0. The number of hydrogen-bond acceptors (Lipinski definition) is 6. The number of Topliss-reactive ketones (excluding diaryl/α,β-unsaturated/α-hetero) is 1. The van der Waals surface area contributed by atoms with Crippen LogP contribution in [0.5, 0.6) is 11.5 Å². The Morgan fingerprint density at radius 1 is 0.963 bits per heavy atom. The van der Waals surface area contributed by atoms with Crippen LogP contribution in [0.4, 0.5) is 0 Å². The van der Waals surface area contributed by atoms with Crippen molar-refractivity contribution in [3.63, 3.8) is 0 Å². The number of ether oxygens (including phenoxy) is 2. The van der Waals surface area contributed by atoms with Gasteiger partial charge < -0.3 is 9.47 Å². The Balaban J connectivity index is 1.75. The molecule has 0 unspecified atom stereocenters. The zero-order chi connectivity index (χ0) is 19.2. The summed E-state index contributed by atoms with van der Waals surface area (Å²) in [5, 5.41) is 0.586. The van der Waals surface area contributed by atoms with Crippen LogP contribution in [0, 0.1) is 6.92 Å². The predicted octanol–water partition coefficient (Wildman–Crippen LogP) is 4.44. The molecule has 0 fully saturated rings. The molecule has 0 saturated carbocycles. The van der Waals surface area contributed by atoms with Crippen molar-refractivity contribution in [3.8, 4) is 22.8 Å². The van der Waals surface area contributed by atoms with Crippen LogP contribution < -0.4 is 9.47 Å². The van der Waals surface area contributed by atoms with Gasteiger partial charge in [-0.3, -0.25) is 4.79 Å². The molecule has 2 aromatic carbocycles. The summed E-state index contributed by atoms with van der Waals surface area (Å²) in [4.78, 5) is 21.6. The molecule has 27 heavy (non-hydrogen) atoms. The molecule has 0 aliphatic rings. The van der Waals surface area contributed by atoms with E-state index in [1.807, 2.05) is 43.3 Å². The Labute approximate surface area is 162 Å². The van der Waals surface area contributed by atoms with Crippen molar-refractivity contribution in [2.24, 2.45) is 0 Å². The van der Waals surface area contributed by atoms with E-state index in [1.165, 1.54) is 11.8 Å². The quantitative estimate of drug-likeness (QED) is 0.343. The average molecular weight is 380 g/mol. The number of benzene rings is 2. The molecule has 0 saturated heterocycles. The summed E-state index contributed by atoms with van der Waals surface area (Å²) < 4.78 is 10.5. The van der Waals surface area contributed by atoms with E-state index in [0.29, 0.717) is 22.2 Å². The van der Waals surface area contributed by atoms with Gasteiger partial charge >= 0.3 is 0 Å². The molecular formula is C21H20N2O3S. The zero-order valence-corrected chi connectivity index (χ0v) is 16.2. The van der Waals surface area contributed by atoms with Gasteiger partial charge in [-0.2, -0.15) is 0 Å². The fourth-order valence-electron chi connectivity index (χ4n) is 2.59. The van der Waals surface area contributed by atoms with Gasteiger partial charge in [-0.25, -0.2) is 9.97 Å². The van der Waals surface area contributed by atoms with Crippen LogP contribution in [-0.2, 0) is 0 Å². The Morgan fingerprint density at radius 3 is 2.41 bits per heavy atom. The van der Waals surface area contributed by atoms with E-state index in [2.05, 4.69) is 9.97 Å². The van der Waals surface area contributed by atoms with Gasteiger partial charge in [-0.1, -0.05) is 42.1 Å². The summed E-state index contributed by atoms with van der Waals surface area (Å²) in [7, 11) is 3.11. The van der Waals surface area contributed by atoms with Crippen molar-refractivity contribution in [2.45, 2.75) is 12.1 Å². The molecule has 6 heteroatoms. The van der Waals surface area contributed by atoms with E-state index in [9.17, 15) is 4.79 Å². The number of rotatable bonds is 7. The molecule has 3 aromatic rings. The lowest BCUT2D eigenvalue weighted by Gasteiger charge is -2.09. The first-order valence-electron chi connectivity index (χ1n) is 8.40. The molecule has 5 nitrogen and oxygen atoms in total. The largest absolute Gasteiger partial charge is 0.493 e. The van der Waals surface area contributed by atoms with Crippen molar-refractivity contribution in [1.29, 1.82) is 0 Å². The number of carbonyl (C=O) groups excluding carboxylic acids is 1. The summed E-state index contributed by atoms with van der Waals surface area (Å²) in [6.07, 6.45) is 0. The number of aromatic nitrogens is 2. The lowest BCUT2D eigenvalue weighted by atomic mass is 10.1. The summed E-state index contributed by atoms with van der Waals surface area (Å²) in [5.74, 6) is 1.35. The van der Waals surface area contributed by atoms with Crippen LogP contribution in [0.3, 0.4) is 0 Å². The lowest BCUT2D eigenvalue weighted by Crippen LogP contribution is -2.04. The fraction of sp³-hybridized carbons (Fsp3) is 0.190. The maximum Gasteiger partial charge on any atom is 0.188 e. The molecule has 138 valence electrons. The number of nitrogens with zero attached hydrogens (tertiary/aromatic N) is 2. The molecule has 0 N–H and O–H groups in total. The third-order valence-corrected chi connectivity index (χ3v) is 4.79. The van der Waals surface area contributed by atoms with Crippen LogP contribution in [0.25, 0.3) is 11.3 Å². The monoisotopic (exact) mass is 380 g/mol. The SMILES string of the molecule is COc1ccc(C(=O)CSc2nc(C)cc(-c3ccccc3)n2)cc1OC. The summed E-state index contributed by atoms with van der Waals surface area (Å²) in [5.41, 5.74) is 3.31. The number of thioether (sulfide) groups is 1. The van der Waals surface area contributed by atoms with Gasteiger partial charge in [0.05, 0.1) is 25.7 Å². The third kappa shape index (κ3) is 4.65. The molecule has 0 atom stereocenters. The predicted molar refractivity (Wildman–Crippen MR) is 107 cm³/mol. The Hall–Kier alpha value is -2.86. The fourth-order valence-corrected chi connectivity index (χ4v) is 3.38. The number of hydrogen-bond donors (Lipinski definition) is 0. The minimum absolute atomic E-state index is 0.0210. The Bertz CT molecular complexity index is 945. The average Bonchev–Trinajstić information content (AvgIpc) is 2.71. The first-order chi connectivity index (χ1) is 13.1. The van der Waals surface area contributed by atoms with Gasteiger partial charge in [0.15, 0.2) is 22.4 Å². The smallest absolute Gasteiger partial charge is 0.188 e. The van der Waals surface area contributed by atoms with Crippen LogP contribution in [0.2, 0.25) is 0 Å². The van der Waals surface area contributed by atoms with Crippen molar-refractivity contribution in [2.75, 3.05) is 20.0 Å². The van der Waals surface area contributed by atoms with Crippen molar-refractivity contribution in [3.05, 3.63) is 65.9 Å². The van der Waals surface area contributed by atoms with E-state index in [0.717, 1.165) is 17.0 Å². The second-order valence-electron chi connectivity index (χ2n) is 5.82. The molecule has 3 rings (SSSR count). The highest BCUT2D eigenvalue weighted by Crippen LogP contribution is 2.28. The van der Waals surface area contributed by atoms with Crippen molar-refractivity contribution < 1.29 is 14.3 Å². The molecule has 0 aliphatic carbocycles. The normalized spacial score (nSPS) is 10.5. The van der Waals surface area contributed by atoms with Gasteiger partial charge in [0.1, 0.15) is 0 Å². The summed E-state index contributed by atoms with van der Waals surface area (Å²) in [6.45, 7) is 1.92. The Morgan fingerprint density at radius 2 is 1.70 bits per heavy atom. The number of carbonyl (C=O) groups is 1. The molecule has 0 spiro atoms. The highest BCUT2D eigenvalue weighted by Gasteiger charge is 2.13. The molecule has 1 heterocycles. The molecule has 0 bridgehead atoms. The molecular weight excluding hydrogens is 360 g/mol. The number of ketones is 1. The van der Waals surface area contributed by atoms with E-state index in [4.69, 9.17) is 9.47 Å². The zero-order valence-electron chi connectivity index (χ0n) is 15.4. The van der Waals surface area contributed by atoms with Crippen molar-refractivity contribution in [1.82, 2.24) is 9.97 Å². The first kappa shape index (κ1) is 18.9. The second kappa shape index (κ2) is 8.68. The van der Waals surface area contributed by atoms with Gasteiger partial charge in [-0.05, 0) is 31.2 Å². The number of methoxy groups -OCH3 is 2. The molecule has 0 aliphatic heterocycles. The van der Waals surface area contributed by atoms with Crippen LogP contribution in [-0.4, -0.2) is 35.7 Å². The maximum atomic E-state index is 12.6. The molecule has 0 radical (unpaired) electrons. The van der Waals surface area contributed by atoms with Gasteiger partial charge in [0.25, 0.3) is 0 Å². The van der Waals surface area contributed by atoms with Crippen LogP contribution in [0.1, 0.15) is 16.1 Å². The van der Waals surface area contributed by atoms with Crippen molar-refractivity contribution >= 4 is 17.5 Å². The molecule has 0 amide bonds. The van der Waals surface area contributed by atoms with E-state index in [1.54, 1.807) is 32.4 Å². The second-order valence-corrected chi connectivity index (χ2v) is 6.77. The number of aryl methyl sites for hydroxylation is 1. The van der Waals surface area contributed by atoms with Crippen LogP contribution in [0.15, 0.2) is 59.8 Å². The van der Waals surface area contributed by atoms with Gasteiger partial charge in [0, 0.05) is 16.8 Å². The minimum atomic E-state index is -0.0210. The Kier molecular flexibility index (Phi) is 6.08. The molecule has 1 aromatic heterocycles. The van der Waals surface area contributed by atoms with Crippen LogP contribution >= 0.6 is 11.8 Å². The summed E-state index contributed by atoms with van der Waals surface area (Å²) >= 11 is 1.33. The minimum Gasteiger partial charge on any atom is -0.493 e. The highest BCUT2D eigenvalue weighted by molar-refractivity contribution is 7.99. The van der Waals surface area contributed by atoms with Gasteiger partial charge in [-0.15, -0.1) is 0 Å². The lowest BCUT2D eigenvalue weighted by molar-refractivity contribution is 0.102.